The first kappa shape index (κ1) is 19.9. The maximum atomic E-state index is 14.4. The monoisotopic (exact) mass is 457 g/mol. The molecule has 10 heteroatoms. The molecule has 0 unspecified atom stereocenters. The van der Waals surface area contributed by atoms with Gasteiger partial charge in [-0.3, -0.25) is 9.80 Å². The Hall–Kier alpha value is -3.01. The number of ether oxygens (including phenoxy) is 1. The molecule has 3 aromatic rings. The number of anilines is 4. The minimum Gasteiger partial charge on any atom is -0.373 e. The molecule has 0 fully saturated rings. The van der Waals surface area contributed by atoms with E-state index in [0.717, 1.165) is 22.6 Å². The number of carbonyl (C=O) groups is 1. The second-order valence-electron chi connectivity index (χ2n) is 7.04. The van der Waals surface area contributed by atoms with Crippen LogP contribution in [0.15, 0.2) is 48.0 Å². The van der Waals surface area contributed by atoms with Crippen molar-refractivity contribution in [3.63, 3.8) is 0 Å². The number of rotatable bonds is 1. The second-order valence-corrected chi connectivity index (χ2v) is 8.52. The van der Waals surface area contributed by atoms with E-state index in [1.54, 1.807) is 6.20 Å². The van der Waals surface area contributed by atoms with Gasteiger partial charge in [0.25, 0.3) is 0 Å². The molecule has 1 aromatic carbocycles. The smallest absolute Gasteiger partial charge is 0.330 e. The van der Waals surface area contributed by atoms with Crippen LogP contribution in [0.3, 0.4) is 0 Å². The van der Waals surface area contributed by atoms with E-state index in [9.17, 15) is 9.18 Å². The molecule has 2 aromatic heterocycles. The van der Waals surface area contributed by atoms with Crippen LogP contribution in [0.1, 0.15) is 11.1 Å². The quantitative estimate of drug-likeness (QED) is 0.514. The Morgan fingerprint density at radius 2 is 2.16 bits per heavy atom. The van der Waals surface area contributed by atoms with Gasteiger partial charge >= 0.3 is 6.03 Å². The maximum Gasteiger partial charge on any atom is 0.330 e. The molecule has 0 saturated heterocycles. The molecular weight excluding hydrogens is 441 g/mol. The summed E-state index contributed by atoms with van der Waals surface area (Å²) in [6, 6.07) is 7.37. The fourth-order valence-electron chi connectivity index (χ4n) is 3.52. The molecule has 1 N–H and O–H groups in total. The lowest BCUT2D eigenvalue weighted by Crippen LogP contribution is -2.48. The number of halogens is 2. The van der Waals surface area contributed by atoms with Crippen molar-refractivity contribution in [2.24, 2.45) is 0 Å². The largest absolute Gasteiger partial charge is 0.373 e. The molecule has 0 saturated carbocycles. The van der Waals surface area contributed by atoms with E-state index in [2.05, 4.69) is 15.3 Å². The van der Waals surface area contributed by atoms with E-state index in [1.807, 2.05) is 36.4 Å². The first-order valence-corrected chi connectivity index (χ1v) is 10.8. The Morgan fingerprint density at radius 1 is 1.26 bits per heavy atom. The molecule has 4 bridgehead atoms. The third kappa shape index (κ3) is 3.87. The summed E-state index contributed by atoms with van der Waals surface area (Å²) in [5, 5.41) is 4.47. The molecule has 0 atom stereocenters. The number of hydrogen-bond acceptors (Lipinski definition) is 6. The van der Waals surface area contributed by atoms with Crippen LogP contribution in [0.2, 0.25) is 4.34 Å². The molecule has 5 rings (SSSR count). The summed E-state index contributed by atoms with van der Waals surface area (Å²) in [5.74, 6) is 0.310. The summed E-state index contributed by atoms with van der Waals surface area (Å²) in [7, 11) is 0. The van der Waals surface area contributed by atoms with E-state index in [1.165, 1.54) is 15.2 Å². The van der Waals surface area contributed by atoms with Crippen LogP contribution in [0, 0.1) is 5.82 Å². The highest BCUT2D eigenvalue weighted by Crippen LogP contribution is 2.39. The number of benzene rings is 1. The summed E-state index contributed by atoms with van der Waals surface area (Å²) >= 11 is 7.23. The number of fused-ring (bicyclic) bond motifs is 3. The molecule has 2 aliphatic heterocycles. The van der Waals surface area contributed by atoms with Gasteiger partial charge in [0.1, 0.15) is 15.8 Å². The van der Waals surface area contributed by atoms with E-state index < -0.39 is 11.8 Å². The SMILES string of the molecule is O=C1N2C/C=C\COCc3cccc(c3)Nc3ncc(c2n3)CN1c1c(F)csc1Cl. The number of thiophene rings is 1. The summed E-state index contributed by atoms with van der Waals surface area (Å²) in [6.07, 6.45) is 5.33. The van der Waals surface area contributed by atoms with E-state index in [-0.39, 0.29) is 23.1 Å². The molecule has 7 nitrogen and oxygen atoms in total. The number of nitrogens with one attached hydrogen (secondary N) is 1. The zero-order valence-corrected chi connectivity index (χ0v) is 17.8. The Bertz CT molecular complexity index is 1160. The Balaban J connectivity index is 1.57. The first-order valence-electron chi connectivity index (χ1n) is 9.56. The van der Waals surface area contributed by atoms with Crippen molar-refractivity contribution in [1.82, 2.24) is 9.97 Å². The minimum absolute atomic E-state index is 0.0769. The molecule has 0 aliphatic carbocycles. The third-order valence-corrected chi connectivity index (χ3v) is 6.13. The number of amides is 2. The predicted molar refractivity (Wildman–Crippen MR) is 119 cm³/mol. The highest BCUT2D eigenvalue weighted by Gasteiger charge is 2.35. The van der Waals surface area contributed by atoms with Crippen molar-refractivity contribution in [2.45, 2.75) is 13.2 Å². The van der Waals surface area contributed by atoms with Crippen LogP contribution in [0.4, 0.5) is 32.3 Å². The van der Waals surface area contributed by atoms with E-state index >= 15 is 0 Å². The highest BCUT2D eigenvalue weighted by molar-refractivity contribution is 7.15. The second kappa shape index (κ2) is 8.26. The lowest BCUT2D eigenvalue weighted by atomic mass is 10.2. The number of urea groups is 1. The van der Waals surface area contributed by atoms with Crippen LogP contribution in [-0.4, -0.2) is 29.2 Å². The zero-order valence-electron chi connectivity index (χ0n) is 16.2. The lowest BCUT2D eigenvalue weighted by molar-refractivity contribution is 0.148. The summed E-state index contributed by atoms with van der Waals surface area (Å²) in [6.45, 7) is 1.23. The Kier molecular flexibility index (Phi) is 5.31. The average Bonchev–Trinajstić information content (AvgIpc) is 3.09. The summed E-state index contributed by atoms with van der Waals surface area (Å²) in [4.78, 5) is 25.1. The van der Waals surface area contributed by atoms with Gasteiger partial charge < -0.3 is 10.1 Å². The van der Waals surface area contributed by atoms with Crippen molar-refractivity contribution >= 4 is 52.1 Å². The van der Waals surface area contributed by atoms with E-state index in [0.29, 0.717) is 30.5 Å². The van der Waals surface area contributed by atoms with Gasteiger partial charge in [-0.05, 0) is 17.7 Å². The molecular formula is C21H17ClFN5O2S. The topological polar surface area (TPSA) is 70.6 Å². The van der Waals surface area contributed by atoms with Crippen molar-refractivity contribution in [3.8, 4) is 0 Å². The van der Waals surface area contributed by atoms with E-state index in [4.69, 9.17) is 16.3 Å². The Morgan fingerprint density at radius 3 is 3.00 bits per heavy atom. The van der Waals surface area contributed by atoms with Crippen molar-refractivity contribution in [2.75, 3.05) is 28.3 Å². The number of aromatic nitrogens is 2. The summed E-state index contributed by atoms with van der Waals surface area (Å²) < 4.78 is 20.3. The van der Waals surface area contributed by atoms with Crippen LogP contribution in [-0.2, 0) is 17.9 Å². The summed E-state index contributed by atoms with van der Waals surface area (Å²) in [5.41, 5.74) is 2.61. The van der Waals surface area contributed by atoms with Crippen LogP contribution >= 0.6 is 22.9 Å². The van der Waals surface area contributed by atoms with Gasteiger partial charge in [-0.1, -0.05) is 35.9 Å². The standard InChI is InChI=1S/C21H17ClFN5O2S/c22-18-17(16(23)12-31-18)28-10-14-9-24-20-25-15-5-3-4-13(8-15)11-30-7-2-1-6-27(21(28)29)19(14)26-20/h1-5,8-9,12H,6-7,10-11H2,(H,24,25,26)/b2-1-. The molecule has 2 aliphatic rings. The van der Waals surface area contributed by atoms with Crippen LogP contribution in [0.5, 0.6) is 0 Å². The molecule has 0 spiro atoms. The first-order chi connectivity index (χ1) is 15.1. The van der Waals surface area contributed by atoms with Crippen molar-refractivity contribution in [1.29, 1.82) is 0 Å². The molecule has 158 valence electrons. The van der Waals surface area contributed by atoms with Crippen molar-refractivity contribution < 1.29 is 13.9 Å². The fraction of sp³-hybridized carbons (Fsp3) is 0.190. The lowest BCUT2D eigenvalue weighted by Gasteiger charge is -2.35. The number of nitrogens with zero attached hydrogens (tertiary/aromatic N) is 4. The van der Waals surface area contributed by atoms with Gasteiger partial charge in [0.05, 0.1) is 19.8 Å². The number of hydrogen-bond donors (Lipinski definition) is 1. The maximum absolute atomic E-state index is 14.4. The van der Waals surface area contributed by atoms with Gasteiger partial charge in [-0.25, -0.2) is 14.2 Å². The molecule has 31 heavy (non-hydrogen) atoms. The fourth-order valence-corrected chi connectivity index (χ4v) is 4.49. The third-order valence-electron chi connectivity index (χ3n) is 4.96. The molecule has 4 heterocycles. The molecule has 0 radical (unpaired) electrons. The van der Waals surface area contributed by atoms with Gasteiger partial charge in [-0.2, -0.15) is 4.98 Å². The van der Waals surface area contributed by atoms with Crippen LogP contribution in [0.25, 0.3) is 0 Å². The van der Waals surface area contributed by atoms with Gasteiger partial charge in [0.2, 0.25) is 5.95 Å². The van der Waals surface area contributed by atoms with Crippen molar-refractivity contribution in [3.05, 3.63) is 69.3 Å². The highest BCUT2D eigenvalue weighted by atomic mass is 35.5. The number of carbonyl (C=O) groups excluding carboxylic acids is 1. The zero-order chi connectivity index (χ0) is 21.4. The molecule has 2 amide bonds. The average molecular weight is 458 g/mol. The predicted octanol–water partition coefficient (Wildman–Crippen LogP) is 5.11. The van der Waals surface area contributed by atoms with Crippen LogP contribution < -0.4 is 15.1 Å². The van der Waals surface area contributed by atoms with Gasteiger partial charge in [0, 0.05) is 29.4 Å². The Labute approximate surface area is 186 Å². The van der Waals surface area contributed by atoms with Gasteiger partial charge in [0.15, 0.2) is 5.82 Å². The minimum atomic E-state index is -0.531. The normalized spacial score (nSPS) is 17.2. The van der Waals surface area contributed by atoms with Gasteiger partial charge in [-0.15, -0.1) is 11.3 Å².